The fraction of sp³-hybridized carbons (Fsp3) is 0.333. The van der Waals surface area contributed by atoms with E-state index in [1.54, 1.807) is 29.9 Å². The Bertz CT molecular complexity index is 1580. The molecule has 6 rings (SSSR count). The molecule has 1 atom stereocenters. The summed E-state index contributed by atoms with van der Waals surface area (Å²) in [5.41, 5.74) is 3.15. The highest BCUT2D eigenvalue weighted by atomic mass is 16.2. The Hall–Kier alpha value is -3.92. The van der Waals surface area contributed by atoms with Gasteiger partial charge in [0, 0.05) is 35.6 Å². The average molecular weight is 452 g/mol. The predicted octanol–water partition coefficient (Wildman–Crippen LogP) is 3.94. The second kappa shape index (κ2) is 7.84. The quantitative estimate of drug-likeness (QED) is 0.477. The van der Waals surface area contributed by atoms with Crippen LogP contribution in [0.25, 0.3) is 16.4 Å². The molecule has 7 nitrogen and oxygen atoms in total. The highest BCUT2D eigenvalue weighted by Crippen LogP contribution is 2.37. The summed E-state index contributed by atoms with van der Waals surface area (Å²) in [5, 5.41) is 9.01. The zero-order valence-corrected chi connectivity index (χ0v) is 19.2. The Balaban J connectivity index is 1.41. The van der Waals surface area contributed by atoms with Gasteiger partial charge in [-0.3, -0.25) is 9.59 Å². The zero-order chi connectivity index (χ0) is 23.4. The van der Waals surface area contributed by atoms with Gasteiger partial charge >= 0.3 is 0 Å². The van der Waals surface area contributed by atoms with Crippen LogP contribution in [0, 0.1) is 24.7 Å². The molecule has 0 bridgehead atoms. The Morgan fingerprint density at radius 3 is 2.79 bits per heavy atom. The minimum Gasteiger partial charge on any atom is -0.344 e. The molecule has 0 radical (unpaired) electrons. The van der Waals surface area contributed by atoms with Gasteiger partial charge < -0.3 is 9.88 Å². The molecule has 4 aromatic rings. The van der Waals surface area contributed by atoms with E-state index >= 15 is 0 Å². The molecule has 3 heterocycles. The van der Waals surface area contributed by atoms with Crippen LogP contribution in [0.4, 0.5) is 0 Å². The van der Waals surface area contributed by atoms with Crippen molar-refractivity contribution in [3.05, 3.63) is 75.6 Å². The van der Waals surface area contributed by atoms with E-state index in [0.717, 1.165) is 42.3 Å². The van der Waals surface area contributed by atoms with Gasteiger partial charge in [0.25, 0.3) is 11.5 Å². The van der Waals surface area contributed by atoms with E-state index in [1.165, 1.54) is 0 Å². The number of pyridine rings is 1. The molecule has 1 N–H and O–H groups in total. The van der Waals surface area contributed by atoms with Crippen molar-refractivity contribution in [2.75, 3.05) is 0 Å². The maximum atomic E-state index is 13.7. The van der Waals surface area contributed by atoms with Crippen LogP contribution in [0.1, 0.15) is 72.0 Å². The van der Waals surface area contributed by atoms with Crippen molar-refractivity contribution in [2.24, 2.45) is 5.92 Å². The number of hydrogen-bond donors (Lipinski definition) is 1. The van der Waals surface area contributed by atoms with E-state index in [0.29, 0.717) is 28.2 Å². The number of aryl methyl sites for hydroxylation is 1. The van der Waals surface area contributed by atoms with Gasteiger partial charge in [-0.1, -0.05) is 24.0 Å². The maximum absolute atomic E-state index is 13.7. The van der Waals surface area contributed by atoms with Crippen molar-refractivity contribution in [1.82, 2.24) is 24.5 Å². The Morgan fingerprint density at radius 2 is 2.03 bits per heavy atom. The fourth-order valence-corrected chi connectivity index (χ4v) is 4.56. The monoisotopic (exact) mass is 451 g/mol. The fourth-order valence-electron chi connectivity index (χ4n) is 4.56. The lowest BCUT2D eigenvalue weighted by molar-refractivity contribution is 0.0939. The van der Waals surface area contributed by atoms with Crippen LogP contribution < -0.4 is 10.9 Å². The summed E-state index contributed by atoms with van der Waals surface area (Å²) in [4.78, 5) is 31.3. The predicted molar refractivity (Wildman–Crippen MR) is 130 cm³/mol. The molecule has 1 amide bonds. The third kappa shape index (κ3) is 3.56. The highest BCUT2D eigenvalue weighted by Gasteiger charge is 2.30. The maximum Gasteiger partial charge on any atom is 0.260 e. The van der Waals surface area contributed by atoms with Crippen molar-refractivity contribution >= 4 is 22.3 Å². The smallest absolute Gasteiger partial charge is 0.260 e. The standard InChI is InChI=1S/C27H25N5O2/c1-16(29-26(33)23-17(2)30-31-14-4-13-28-25(23)31)22-15-20-6-3-5-19(10-9-18-7-8-18)24(20)27(34)32(22)21-11-12-21/h3-6,13-16,18,21H,7-8,11-12H2,1-2H3,(H,29,33). The summed E-state index contributed by atoms with van der Waals surface area (Å²) in [6.07, 6.45) is 7.64. The number of carbonyl (C=O) groups is 1. The minimum absolute atomic E-state index is 0.0226. The van der Waals surface area contributed by atoms with Crippen LogP contribution in [0.5, 0.6) is 0 Å². The van der Waals surface area contributed by atoms with Crippen LogP contribution >= 0.6 is 0 Å². The minimum atomic E-state index is -0.371. The summed E-state index contributed by atoms with van der Waals surface area (Å²) >= 11 is 0. The molecule has 1 aromatic carbocycles. The number of hydrogen-bond acceptors (Lipinski definition) is 4. The molecular weight excluding hydrogens is 426 g/mol. The van der Waals surface area contributed by atoms with Gasteiger partial charge in [0.15, 0.2) is 5.65 Å². The molecule has 7 heteroatoms. The summed E-state index contributed by atoms with van der Waals surface area (Å²) in [6.45, 7) is 3.72. The number of carbonyl (C=O) groups excluding carboxylic acids is 1. The summed E-state index contributed by atoms with van der Waals surface area (Å²) in [6, 6.07) is 9.43. The van der Waals surface area contributed by atoms with E-state index in [-0.39, 0.29) is 23.6 Å². The first-order valence-corrected chi connectivity index (χ1v) is 11.8. The first-order valence-electron chi connectivity index (χ1n) is 11.8. The number of rotatable bonds is 4. The zero-order valence-electron chi connectivity index (χ0n) is 19.2. The highest BCUT2D eigenvalue weighted by molar-refractivity contribution is 6.01. The van der Waals surface area contributed by atoms with Crippen LogP contribution in [0.2, 0.25) is 0 Å². The molecule has 0 spiro atoms. The molecule has 2 aliphatic carbocycles. The van der Waals surface area contributed by atoms with Crippen LogP contribution in [-0.2, 0) is 0 Å². The molecule has 1 unspecified atom stereocenters. The number of amides is 1. The number of aromatic nitrogens is 4. The number of fused-ring (bicyclic) bond motifs is 2. The Kier molecular flexibility index (Phi) is 4.77. The molecule has 170 valence electrons. The van der Waals surface area contributed by atoms with Crippen LogP contribution in [0.15, 0.2) is 47.5 Å². The van der Waals surface area contributed by atoms with E-state index in [2.05, 4.69) is 27.2 Å². The van der Waals surface area contributed by atoms with E-state index in [4.69, 9.17) is 0 Å². The van der Waals surface area contributed by atoms with E-state index in [9.17, 15) is 9.59 Å². The van der Waals surface area contributed by atoms with E-state index < -0.39 is 0 Å². The van der Waals surface area contributed by atoms with Crippen molar-refractivity contribution in [3.8, 4) is 11.8 Å². The second-order valence-corrected chi connectivity index (χ2v) is 9.33. The molecule has 2 aliphatic rings. The third-order valence-electron chi connectivity index (χ3n) is 6.60. The molecule has 34 heavy (non-hydrogen) atoms. The normalized spacial score (nSPS) is 16.3. The van der Waals surface area contributed by atoms with Crippen molar-refractivity contribution in [2.45, 2.75) is 51.6 Å². The van der Waals surface area contributed by atoms with Gasteiger partial charge in [0.2, 0.25) is 0 Å². The average Bonchev–Trinajstić information content (AvgIpc) is 3.74. The molecule has 0 saturated heterocycles. The lowest BCUT2D eigenvalue weighted by atomic mass is 10.0. The van der Waals surface area contributed by atoms with Crippen molar-refractivity contribution in [1.29, 1.82) is 0 Å². The van der Waals surface area contributed by atoms with E-state index in [1.807, 2.05) is 35.8 Å². The van der Waals surface area contributed by atoms with Crippen molar-refractivity contribution < 1.29 is 4.79 Å². The second-order valence-electron chi connectivity index (χ2n) is 9.33. The summed E-state index contributed by atoms with van der Waals surface area (Å²) in [5.74, 6) is 6.75. The topological polar surface area (TPSA) is 81.3 Å². The molecule has 2 fully saturated rings. The lowest BCUT2D eigenvalue weighted by Crippen LogP contribution is -2.32. The number of nitrogens with zero attached hydrogens (tertiary/aromatic N) is 4. The van der Waals surface area contributed by atoms with Crippen LogP contribution in [0.3, 0.4) is 0 Å². The summed E-state index contributed by atoms with van der Waals surface area (Å²) < 4.78 is 3.48. The van der Waals surface area contributed by atoms with Gasteiger partial charge in [-0.2, -0.15) is 5.10 Å². The Labute approximate surface area is 196 Å². The van der Waals surface area contributed by atoms with Crippen LogP contribution in [-0.4, -0.2) is 25.1 Å². The SMILES string of the molecule is Cc1nn2cccnc2c1C(=O)NC(C)c1cc2cccc(C#CC3CC3)c2c(=O)n1C1CC1. The first-order chi connectivity index (χ1) is 16.5. The number of nitrogens with one attached hydrogen (secondary N) is 1. The van der Waals surface area contributed by atoms with Gasteiger partial charge in [-0.25, -0.2) is 9.50 Å². The largest absolute Gasteiger partial charge is 0.344 e. The Morgan fingerprint density at radius 1 is 1.21 bits per heavy atom. The lowest BCUT2D eigenvalue weighted by Gasteiger charge is -2.21. The van der Waals surface area contributed by atoms with Gasteiger partial charge in [0.1, 0.15) is 5.56 Å². The summed E-state index contributed by atoms with van der Waals surface area (Å²) in [7, 11) is 0. The first kappa shape index (κ1) is 20.7. The van der Waals surface area contributed by atoms with Gasteiger partial charge in [-0.05, 0) is 63.1 Å². The molecule has 3 aromatic heterocycles. The van der Waals surface area contributed by atoms with Gasteiger partial charge in [-0.15, -0.1) is 0 Å². The molecule has 2 saturated carbocycles. The number of benzene rings is 1. The molecule has 0 aliphatic heterocycles. The molecular formula is C27H25N5O2. The third-order valence-corrected chi connectivity index (χ3v) is 6.60. The van der Waals surface area contributed by atoms with Crippen molar-refractivity contribution in [3.63, 3.8) is 0 Å². The van der Waals surface area contributed by atoms with Gasteiger partial charge in [0.05, 0.1) is 17.1 Å².